The summed E-state index contributed by atoms with van der Waals surface area (Å²) in [4.78, 5) is 0. The highest BCUT2D eigenvalue weighted by Crippen LogP contribution is 2.38. The van der Waals surface area contributed by atoms with E-state index in [9.17, 15) is 18.6 Å². The average Bonchev–Trinajstić information content (AvgIpc) is 3.13. The van der Waals surface area contributed by atoms with E-state index in [1.807, 2.05) is 6.08 Å². The first-order valence-corrected chi connectivity index (χ1v) is 10.8. The fraction of sp³-hybridized carbons (Fsp3) is 0.474. The lowest BCUT2D eigenvalue weighted by Crippen LogP contribution is -2.19. The molecule has 1 aromatic carbocycles. The molecule has 0 radical (unpaired) electrons. The minimum absolute atomic E-state index is 0.0526. The second-order valence-electron chi connectivity index (χ2n) is 6.74. The van der Waals surface area contributed by atoms with Gasteiger partial charge in [0.2, 0.25) is 0 Å². The molecule has 0 bridgehead atoms. The van der Waals surface area contributed by atoms with Gasteiger partial charge in [-0.25, -0.2) is 8.42 Å². The molecule has 3 rings (SSSR count). The van der Waals surface area contributed by atoms with Crippen molar-refractivity contribution in [1.29, 1.82) is 0 Å². The number of hydrogen-bond donors (Lipinski definition) is 2. The van der Waals surface area contributed by atoms with Gasteiger partial charge in [-0.3, -0.25) is 0 Å². The molecule has 0 saturated carbocycles. The first-order chi connectivity index (χ1) is 12.4. The van der Waals surface area contributed by atoms with Gasteiger partial charge in [0.1, 0.15) is 11.0 Å². The van der Waals surface area contributed by atoms with E-state index in [4.69, 9.17) is 16.3 Å². The number of hydrogen-bond acceptors (Lipinski definition) is 5. The van der Waals surface area contributed by atoms with Crippen LogP contribution < -0.4 is 0 Å². The number of benzene rings is 1. The maximum atomic E-state index is 12.2. The van der Waals surface area contributed by atoms with E-state index in [2.05, 4.69) is 6.92 Å². The maximum absolute atomic E-state index is 12.2. The monoisotopic (exact) mass is 398 g/mol. The Hall–Kier alpha value is -1.34. The van der Waals surface area contributed by atoms with Crippen molar-refractivity contribution in [2.75, 3.05) is 19.0 Å². The molecule has 2 aliphatic heterocycles. The van der Waals surface area contributed by atoms with Crippen molar-refractivity contribution in [2.45, 2.75) is 37.5 Å². The van der Waals surface area contributed by atoms with Crippen LogP contribution in [0.15, 0.2) is 34.9 Å². The van der Waals surface area contributed by atoms with Crippen molar-refractivity contribution < 1.29 is 23.4 Å². The van der Waals surface area contributed by atoms with Gasteiger partial charge in [-0.15, -0.1) is 0 Å². The molecule has 2 atom stereocenters. The van der Waals surface area contributed by atoms with Crippen LogP contribution in [-0.4, -0.2) is 49.0 Å². The van der Waals surface area contributed by atoms with Crippen LogP contribution in [0.1, 0.15) is 31.7 Å². The number of aliphatic hydroxyl groups is 1. The van der Waals surface area contributed by atoms with Crippen LogP contribution >= 0.6 is 11.6 Å². The van der Waals surface area contributed by atoms with Gasteiger partial charge in [0, 0.05) is 0 Å². The molecule has 7 heteroatoms. The number of aromatic hydroxyl groups is 1. The van der Waals surface area contributed by atoms with Gasteiger partial charge in [-0.1, -0.05) is 30.2 Å². The Morgan fingerprint density at radius 2 is 2.19 bits per heavy atom. The van der Waals surface area contributed by atoms with E-state index in [1.165, 1.54) is 6.07 Å². The predicted octanol–water partition coefficient (Wildman–Crippen LogP) is 3.10. The summed E-state index contributed by atoms with van der Waals surface area (Å²) in [6.45, 7) is 2.00. The minimum atomic E-state index is -3.24. The maximum Gasteiger partial charge on any atom is 0.163 e. The van der Waals surface area contributed by atoms with Crippen LogP contribution in [0.5, 0.6) is 5.75 Å². The third-order valence-corrected chi connectivity index (χ3v) is 7.41. The second kappa shape index (κ2) is 7.72. The summed E-state index contributed by atoms with van der Waals surface area (Å²) in [5, 5.41) is 18.9. The van der Waals surface area contributed by atoms with Gasteiger partial charge >= 0.3 is 0 Å². The van der Waals surface area contributed by atoms with Crippen molar-refractivity contribution in [3.63, 3.8) is 0 Å². The molecule has 26 heavy (non-hydrogen) atoms. The van der Waals surface area contributed by atoms with Gasteiger partial charge in [-0.2, -0.15) is 0 Å². The van der Waals surface area contributed by atoms with E-state index < -0.39 is 15.1 Å². The third-order valence-electron chi connectivity index (χ3n) is 5.08. The molecule has 1 fully saturated rings. The molecule has 0 amide bonds. The fourth-order valence-electron chi connectivity index (χ4n) is 3.67. The Morgan fingerprint density at radius 1 is 1.42 bits per heavy atom. The molecule has 1 saturated heterocycles. The molecule has 2 heterocycles. The molecule has 0 aliphatic carbocycles. The highest BCUT2D eigenvalue weighted by atomic mass is 35.5. The van der Waals surface area contributed by atoms with E-state index >= 15 is 0 Å². The zero-order chi connectivity index (χ0) is 18.9. The van der Waals surface area contributed by atoms with Gasteiger partial charge in [0.15, 0.2) is 9.84 Å². The fourth-order valence-corrected chi connectivity index (χ4v) is 5.83. The summed E-state index contributed by atoms with van der Waals surface area (Å²) in [7, 11) is -3.24. The number of fused-ring (bicyclic) bond motifs is 1. The predicted molar refractivity (Wildman–Crippen MR) is 102 cm³/mol. The van der Waals surface area contributed by atoms with Crippen LogP contribution in [-0.2, 0) is 14.6 Å². The summed E-state index contributed by atoms with van der Waals surface area (Å²) in [6, 6.07) is 4.87. The Morgan fingerprint density at radius 3 is 2.85 bits per heavy atom. The van der Waals surface area contributed by atoms with E-state index in [-0.39, 0.29) is 30.8 Å². The van der Waals surface area contributed by atoms with Crippen LogP contribution in [0.2, 0.25) is 5.02 Å². The van der Waals surface area contributed by atoms with Crippen molar-refractivity contribution >= 4 is 27.5 Å². The Bertz CT molecular complexity index is 857. The smallest absolute Gasteiger partial charge is 0.163 e. The Kier molecular flexibility index (Phi) is 5.77. The highest BCUT2D eigenvalue weighted by molar-refractivity contribution is 7.92. The Labute approximate surface area is 158 Å². The summed E-state index contributed by atoms with van der Waals surface area (Å²) >= 11 is 6.17. The molecule has 2 aliphatic rings. The lowest BCUT2D eigenvalue weighted by molar-refractivity contribution is 0.117. The van der Waals surface area contributed by atoms with Crippen molar-refractivity contribution in [1.82, 2.24) is 0 Å². The van der Waals surface area contributed by atoms with Crippen LogP contribution in [0, 0.1) is 0 Å². The quantitative estimate of drug-likeness (QED) is 0.719. The summed E-state index contributed by atoms with van der Waals surface area (Å²) in [5.74, 6) is 0.0738. The molecule has 142 valence electrons. The molecule has 5 nitrogen and oxygen atoms in total. The normalized spacial score (nSPS) is 25.0. The largest absolute Gasteiger partial charge is 0.508 e. The third kappa shape index (κ3) is 3.83. The van der Waals surface area contributed by atoms with E-state index in [0.717, 1.165) is 29.6 Å². The molecule has 1 aromatic rings. The first-order valence-electron chi connectivity index (χ1n) is 8.69. The van der Waals surface area contributed by atoms with Crippen molar-refractivity contribution in [3.05, 3.63) is 45.5 Å². The van der Waals surface area contributed by atoms with Crippen molar-refractivity contribution in [3.8, 4) is 5.75 Å². The summed E-state index contributed by atoms with van der Waals surface area (Å²) < 4.78 is 30.1. The SMILES string of the molecule is CC/C(=C\c1ccc(O)cc1Cl)CC[C@H]1OC[C@H]2C1=C(CO)CS2(=O)=O. The number of rotatable bonds is 6. The number of halogens is 1. The molecule has 0 spiro atoms. The highest BCUT2D eigenvalue weighted by Gasteiger charge is 2.46. The molecule has 0 unspecified atom stereocenters. The van der Waals surface area contributed by atoms with Gasteiger partial charge < -0.3 is 14.9 Å². The zero-order valence-electron chi connectivity index (χ0n) is 14.6. The minimum Gasteiger partial charge on any atom is -0.508 e. The number of sulfone groups is 1. The summed E-state index contributed by atoms with van der Waals surface area (Å²) in [6.07, 6.45) is 3.98. The van der Waals surface area contributed by atoms with Gasteiger partial charge in [-0.05, 0) is 54.2 Å². The van der Waals surface area contributed by atoms with Crippen LogP contribution in [0.3, 0.4) is 0 Å². The number of ether oxygens (including phenoxy) is 1. The standard InChI is InChI=1S/C19H23ClO5S/c1-2-12(7-13-4-5-15(22)8-16(13)20)3-6-17-19-14(9-21)11-26(23,24)18(19)10-25-17/h4-5,7-8,17-18,21-22H,2-3,6,9-11H2,1H3/b12-7+/t17-,18+/m1/s1. The lowest BCUT2D eigenvalue weighted by Gasteiger charge is -2.14. The van der Waals surface area contributed by atoms with Crippen LogP contribution in [0.4, 0.5) is 0 Å². The Balaban J connectivity index is 1.74. The van der Waals surface area contributed by atoms with E-state index in [1.54, 1.807) is 12.1 Å². The zero-order valence-corrected chi connectivity index (χ0v) is 16.2. The number of phenols is 1. The van der Waals surface area contributed by atoms with Gasteiger partial charge in [0.25, 0.3) is 0 Å². The molecule has 0 aromatic heterocycles. The number of aliphatic hydroxyl groups excluding tert-OH is 1. The van der Waals surface area contributed by atoms with Crippen LogP contribution in [0.25, 0.3) is 6.08 Å². The molecular weight excluding hydrogens is 376 g/mol. The van der Waals surface area contributed by atoms with Crippen molar-refractivity contribution in [2.24, 2.45) is 0 Å². The van der Waals surface area contributed by atoms with E-state index in [0.29, 0.717) is 17.0 Å². The lowest BCUT2D eigenvalue weighted by atomic mass is 9.96. The summed E-state index contributed by atoms with van der Waals surface area (Å²) in [5.41, 5.74) is 3.37. The number of phenolic OH excluding ortho intramolecular Hbond substituents is 1. The molecule has 2 N–H and O–H groups in total. The first kappa shape index (κ1) is 19.4. The average molecular weight is 399 g/mol. The number of allylic oxidation sites excluding steroid dienone is 1. The topological polar surface area (TPSA) is 83.8 Å². The van der Waals surface area contributed by atoms with Gasteiger partial charge in [0.05, 0.1) is 30.1 Å². The second-order valence-corrected chi connectivity index (χ2v) is 9.33. The molecular formula is C19H23ClO5S.